The Hall–Kier alpha value is -0.890. The summed E-state index contributed by atoms with van der Waals surface area (Å²) < 4.78 is 167. The third kappa shape index (κ3) is 5.17. The standard InChI is InChI=1S/C9H12F9NO7S2/c10-6(11,8(14,15)16)7(12,13)9(17,18)28(25,26)19(1-2-20)3-5(21)4-27(22,23)24/h5,20-21H,1-4H2,(H,22,23,24). The van der Waals surface area contributed by atoms with Crippen molar-refractivity contribution in [2.45, 2.75) is 29.4 Å². The van der Waals surface area contributed by atoms with Crippen molar-refractivity contribution in [2.24, 2.45) is 0 Å². The predicted octanol–water partition coefficient (Wildman–Crippen LogP) is 0.285. The molecule has 0 rings (SSSR count). The van der Waals surface area contributed by atoms with Crippen LogP contribution in [0, 0.1) is 0 Å². The Morgan fingerprint density at radius 1 is 0.857 bits per heavy atom. The maximum Gasteiger partial charge on any atom is 0.460 e. The summed E-state index contributed by atoms with van der Waals surface area (Å²) in [7, 11) is -12.2. The van der Waals surface area contributed by atoms with E-state index in [9.17, 15) is 61.5 Å². The van der Waals surface area contributed by atoms with Gasteiger partial charge in [-0.2, -0.15) is 52.2 Å². The van der Waals surface area contributed by atoms with Gasteiger partial charge in [0.05, 0.1) is 12.7 Å². The van der Waals surface area contributed by atoms with Gasteiger partial charge in [-0.15, -0.1) is 0 Å². The molecule has 0 aromatic carbocycles. The summed E-state index contributed by atoms with van der Waals surface area (Å²) in [6, 6.07) is 0. The zero-order valence-corrected chi connectivity index (χ0v) is 14.7. The minimum Gasteiger partial charge on any atom is -0.395 e. The smallest absolute Gasteiger partial charge is 0.395 e. The average Bonchev–Trinajstić information content (AvgIpc) is 2.42. The quantitative estimate of drug-likeness (QED) is 0.302. The second-order valence-electron chi connectivity index (χ2n) is 5.15. The van der Waals surface area contributed by atoms with E-state index in [0.29, 0.717) is 0 Å². The SMILES string of the molecule is O=S(=O)(O)CC(O)CN(CCO)S(=O)(=O)C(F)(F)C(F)(F)C(F)(F)C(F)(F)F. The molecule has 0 aromatic heterocycles. The highest BCUT2D eigenvalue weighted by Gasteiger charge is 2.85. The summed E-state index contributed by atoms with van der Waals surface area (Å²) >= 11 is 0. The minimum atomic E-state index is -7.54. The molecular weight excluding hydrogens is 469 g/mol. The molecule has 0 saturated carbocycles. The lowest BCUT2D eigenvalue weighted by Gasteiger charge is -2.35. The molecule has 0 aromatic rings. The number of alkyl halides is 9. The third-order valence-corrected chi connectivity index (χ3v) is 5.67. The molecule has 19 heteroatoms. The van der Waals surface area contributed by atoms with Crippen molar-refractivity contribution in [2.75, 3.05) is 25.4 Å². The molecule has 170 valence electrons. The second kappa shape index (κ2) is 8.09. The van der Waals surface area contributed by atoms with Gasteiger partial charge in [0.1, 0.15) is 5.75 Å². The molecule has 0 amide bonds. The van der Waals surface area contributed by atoms with Crippen LogP contribution < -0.4 is 0 Å². The van der Waals surface area contributed by atoms with E-state index < -0.39 is 79.3 Å². The lowest BCUT2D eigenvalue weighted by atomic mass is 10.1. The Labute approximate surface area is 151 Å². The minimum absolute atomic E-state index is 1.02. The van der Waals surface area contributed by atoms with Crippen LogP contribution in [0.15, 0.2) is 0 Å². The first-order valence-corrected chi connectivity index (χ1v) is 9.55. The van der Waals surface area contributed by atoms with Crippen LogP contribution >= 0.6 is 0 Å². The molecular formula is C9H12F9NO7S2. The monoisotopic (exact) mass is 481 g/mol. The average molecular weight is 481 g/mol. The van der Waals surface area contributed by atoms with E-state index in [1.165, 1.54) is 0 Å². The van der Waals surface area contributed by atoms with Gasteiger partial charge in [0.2, 0.25) is 0 Å². The molecule has 0 bridgehead atoms. The Bertz CT molecular complexity index is 750. The van der Waals surface area contributed by atoms with Crippen molar-refractivity contribution in [3.05, 3.63) is 0 Å². The van der Waals surface area contributed by atoms with Gasteiger partial charge in [-0.25, -0.2) is 8.42 Å². The number of rotatable bonds is 10. The highest BCUT2D eigenvalue weighted by molar-refractivity contribution is 7.90. The summed E-state index contributed by atoms with van der Waals surface area (Å²) in [6.45, 7) is -4.99. The van der Waals surface area contributed by atoms with Crippen LogP contribution in [-0.2, 0) is 20.1 Å². The summed E-state index contributed by atoms with van der Waals surface area (Å²) in [5.41, 5.74) is 0. The van der Waals surface area contributed by atoms with Crippen LogP contribution in [0.4, 0.5) is 39.5 Å². The van der Waals surface area contributed by atoms with Crippen molar-refractivity contribution >= 4 is 20.1 Å². The normalized spacial score (nSPS) is 16.5. The Balaban J connectivity index is 6.18. The van der Waals surface area contributed by atoms with E-state index in [1.54, 1.807) is 0 Å². The fraction of sp³-hybridized carbons (Fsp3) is 1.00. The Morgan fingerprint density at radius 3 is 1.61 bits per heavy atom. The van der Waals surface area contributed by atoms with Crippen molar-refractivity contribution in [3.8, 4) is 0 Å². The van der Waals surface area contributed by atoms with Gasteiger partial charge in [0.15, 0.2) is 0 Å². The molecule has 0 spiro atoms. The number of nitrogens with zero attached hydrogens (tertiary/aromatic N) is 1. The highest BCUT2D eigenvalue weighted by Crippen LogP contribution is 2.55. The van der Waals surface area contributed by atoms with E-state index in [1.807, 2.05) is 0 Å². The number of aliphatic hydroxyl groups excluding tert-OH is 2. The second-order valence-corrected chi connectivity index (χ2v) is 8.63. The van der Waals surface area contributed by atoms with Gasteiger partial charge < -0.3 is 10.2 Å². The van der Waals surface area contributed by atoms with Gasteiger partial charge in [-0.3, -0.25) is 4.55 Å². The zero-order chi connectivity index (χ0) is 23.0. The molecule has 0 radical (unpaired) electrons. The van der Waals surface area contributed by atoms with E-state index in [-0.39, 0.29) is 0 Å². The van der Waals surface area contributed by atoms with Gasteiger partial charge in [0, 0.05) is 13.1 Å². The first-order valence-electron chi connectivity index (χ1n) is 6.50. The maximum absolute atomic E-state index is 13.7. The van der Waals surface area contributed by atoms with Crippen LogP contribution in [0.1, 0.15) is 0 Å². The molecule has 0 fully saturated rings. The van der Waals surface area contributed by atoms with Gasteiger partial charge in [-0.1, -0.05) is 0 Å². The predicted molar refractivity (Wildman–Crippen MR) is 70.9 cm³/mol. The van der Waals surface area contributed by atoms with Gasteiger partial charge >= 0.3 is 23.3 Å². The van der Waals surface area contributed by atoms with Crippen molar-refractivity contribution < 1.29 is 71.1 Å². The molecule has 0 aliphatic heterocycles. The fourth-order valence-electron chi connectivity index (χ4n) is 1.64. The lowest BCUT2D eigenvalue weighted by molar-refractivity contribution is -0.382. The van der Waals surface area contributed by atoms with Crippen LogP contribution in [0.3, 0.4) is 0 Å². The van der Waals surface area contributed by atoms with E-state index in [0.717, 1.165) is 0 Å². The topological polar surface area (TPSA) is 132 Å². The molecule has 0 aliphatic rings. The first-order chi connectivity index (χ1) is 12.1. The van der Waals surface area contributed by atoms with Crippen molar-refractivity contribution in [1.29, 1.82) is 0 Å². The first kappa shape index (κ1) is 27.1. The zero-order valence-electron chi connectivity index (χ0n) is 13.0. The molecule has 0 aliphatic carbocycles. The number of aliphatic hydroxyl groups is 2. The van der Waals surface area contributed by atoms with Gasteiger partial charge in [-0.05, 0) is 0 Å². The number of hydrogen-bond acceptors (Lipinski definition) is 6. The Kier molecular flexibility index (Phi) is 7.83. The maximum atomic E-state index is 13.7. The van der Waals surface area contributed by atoms with Crippen LogP contribution in [0.2, 0.25) is 0 Å². The summed E-state index contributed by atoms with van der Waals surface area (Å²) in [5.74, 6) is -16.8. The van der Waals surface area contributed by atoms with E-state index in [2.05, 4.69) is 0 Å². The molecule has 3 N–H and O–H groups in total. The van der Waals surface area contributed by atoms with E-state index in [4.69, 9.17) is 9.66 Å². The summed E-state index contributed by atoms with van der Waals surface area (Å²) in [5, 5.41) is 10.7. The molecule has 8 nitrogen and oxygen atoms in total. The van der Waals surface area contributed by atoms with Crippen LogP contribution in [-0.4, -0.2) is 90.7 Å². The van der Waals surface area contributed by atoms with Crippen molar-refractivity contribution in [3.63, 3.8) is 0 Å². The summed E-state index contributed by atoms with van der Waals surface area (Å²) in [4.78, 5) is 0. The largest absolute Gasteiger partial charge is 0.460 e. The highest BCUT2D eigenvalue weighted by atomic mass is 32.2. The number of halogens is 9. The molecule has 0 saturated heterocycles. The summed E-state index contributed by atoms with van der Waals surface area (Å²) in [6.07, 6.45) is -9.90. The van der Waals surface area contributed by atoms with Gasteiger partial charge in [0.25, 0.3) is 20.1 Å². The third-order valence-electron chi connectivity index (χ3n) is 2.95. The van der Waals surface area contributed by atoms with Crippen molar-refractivity contribution in [1.82, 2.24) is 4.31 Å². The van der Waals surface area contributed by atoms with Crippen LogP contribution in [0.5, 0.6) is 0 Å². The lowest BCUT2D eigenvalue weighted by Crippen LogP contribution is -2.65. The number of hydrogen-bond donors (Lipinski definition) is 3. The molecule has 1 atom stereocenters. The van der Waals surface area contributed by atoms with Crippen LogP contribution in [0.25, 0.3) is 0 Å². The number of sulfonamides is 1. The fourth-order valence-corrected chi connectivity index (χ4v) is 3.70. The molecule has 1 unspecified atom stereocenters. The Morgan fingerprint density at radius 2 is 1.29 bits per heavy atom. The molecule has 0 heterocycles. The molecule has 28 heavy (non-hydrogen) atoms. The van der Waals surface area contributed by atoms with E-state index >= 15 is 0 Å².